The van der Waals surface area contributed by atoms with Crippen LogP contribution in [0, 0.1) is 0 Å². The van der Waals surface area contributed by atoms with E-state index in [0.717, 1.165) is 5.56 Å². The lowest BCUT2D eigenvalue weighted by Crippen LogP contribution is -2.44. The van der Waals surface area contributed by atoms with Crippen LogP contribution < -0.4 is 10.1 Å². The lowest BCUT2D eigenvalue weighted by molar-refractivity contribution is -0.129. The molecule has 0 radical (unpaired) electrons. The van der Waals surface area contributed by atoms with E-state index in [0.29, 0.717) is 33.9 Å². The number of nitrogens with zero attached hydrogens (tertiary/aromatic N) is 2. The summed E-state index contributed by atoms with van der Waals surface area (Å²) in [5, 5.41) is 3.37. The van der Waals surface area contributed by atoms with Crippen molar-refractivity contribution in [1.82, 2.24) is 4.90 Å². The molecule has 4 rings (SSSR count). The fourth-order valence-electron chi connectivity index (χ4n) is 3.34. The number of hydrogen-bond acceptors (Lipinski definition) is 5. The number of amidine groups is 1. The lowest BCUT2D eigenvalue weighted by atomic mass is 10.2. The zero-order valence-corrected chi connectivity index (χ0v) is 19.5. The Kier molecular flexibility index (Phi) is 7.32. The van der Waals surface area contributed by atoms with Gasteiger partial charge < -0.3 is 10.1 Å². The van der Waals surface area contributed by atoms with Gasteiger partial charge in [0.15, 0.2) is 5.17 Å². The molecular weight excluding hydrogens is 458 g/mol. The van der Waals surface area contributed by atoms with E-state index in [9.17, 15) is 9.59 Å². The average molecular weight is 480 g/mol. The van der Waals surface area contributed by atoms with Crippen molar-refractivity contribution in [1.29, 1.82) is 0 Å². The number of ether oxygens (including phenoxy) is 1. The minimum absolute atomic E-state index is 0.0625. The van der Waals surface area contributed by atoms with Gasteiger partial charge in [0.05, 0.1) is 25.0 Å². The van der Waals surface area contributed by atoms with Crippen molar-refractivity contribution < 1.29 is 14.3 Å². The lowest BCUT2D eigenvalue weighted by Gasteiger charge is -2.32. The molecule has 3 aromatic carbocycles. The SMILES string of the molecule is COc1ccccc1NC(=O)C1CC(=O)N(Cc2ccc(Cl)cc2)C(=Nc2ccccc2)S1. The van der Waals surface area contributed by atoms with E-state index in [4.69, 9.17) is 21.3 Å². The van der Waals surface area contributed by atoms with Crippen molar-refractivity contribution in [2.45, 2.75) is 18.2 Å². The van der Waals surface area contributed by atoms with E-state index >= 15 is 0 Å². The van der Waals surface area contributed by atoms with Gasteiger partial charge in [-0.1, -0.05) is 65.8 Å². The Bertz CT molecular complexity index is 1170. The first kappa shape index (κ1) is 22.9. The van der Waals surface area contributed by atoms with Gasteiger partial charge in [0.2, 0.25) is 11.8 Å². The minimum Gasteiger partial charge on any atom is -0.495 e. The highest BCUT2D eigenvalue weighted by Gasteiger charge is 2.36. The van der Waals surface area contributed by atoms with Gasteiger partial charge in [0.1, 0.15) is 11.0 Å². The molecule has 0 spiro atoms. The molecule has 0 aliphatic carbocycles. The maximum Gasteiger partial charge on any atom is 0.238 e. The summed E-state index contributed by atoms with van der Waals surface area (Å²) in [6.45, 7) is 0.343. The van der Waals surface area contributed by atoms with Gasteiger partial charge in [0.25, 0.3) is 0 Å². The van der Waals surface area contributed by atoms with Crippen LogP contribution in [0.4, 0.5) is 11.4 Å². The summed E-state index contributed by atoms with van der Waals surface area (Å²) in [6.07, 6.45) is 0.0625. The highest BCUT2D eigenvalue weighted by molar-refractivity contribution is 8.15. The Hall–Kier alpha value is -3.29. The Morgan fingerprint density at radius 2 is 1.79 bits per heavy atom. The van der Waals surface area contributed by atoms with E-state index in [2.05, 4.69) is 5.32 Å². The number of halogens is 1. The fourth-order valence-corrected chi connectivity index (χ4v) is 4.57. The van der Waals surface area contributed by atoms with E-state index in [1.807, 2.05) is 54.6 Å². The monoisotopic (exact) mass is 479 g/mol. The molecule has 0 saturated carbocycles. The van der Waals surface area contributed by atoms with Crippen LogP contribution in [0.3, 0.4) is 0 Å². The number of rotatable bonds is 6. The van der Waals surface area contributed by atoms with Crippen molar-refractivity contribution >= 4 is 51.7 Å². The highest BCUT2D eigenvalue weighted by atomic mass is 35.5. The molecule has 0 aromatic heterocycles. The molecule has 1 heterocycles. The van der Waals surface area contributed by atoms with Crippen LogP contribution in [0.15, 0.2) is 83.9 Å². The zero-order valence-electron chi connectivity index (χ0n) is 17.9. The molecule has 6 nitrogen and oxygen atoms in total. The van der Waals surface area contributed by atoms with Gasteiger partial charge in [0, 0.05) is 11.4 Å². The number of amides is 2. The standard InChI is InChI=1S/C25H22ClN3O3S/c1-32-21-10-6-5-9-20(21)28-24(31)22-15-23(30)29(16-17-11-13-18(26)14-12-17)25(33-22)27-19-7-3-2-4-8-19/h2-14,22H,15-16H2,1H3,(H,28,31). The van der Waals surface area contributed by atoms with Crippen LogP contribution in [0.2, 0.25) is 5.02 Å². The zero-order chi connectivity index (χ0) is 23.2. The van der Waals surface area contributed by atoms with Gasteiger partial charge in [-0.2, -0.15) is 0 Å². The Morgan fingerprint density at radius 3 is 2.52 bits per heavy atom. The molecule has 1 unspecified atom stereocenters. The molecule has 168 valence electrons. The van der Waals surface area contributed by atoms with Crippen LogP contribution in [0.5, 0.6) is 5.75 Å². The quantitative estimate of drug-likeness (QED) is 0.506. The number of carbonyl (C=O) groups is 2. The number of carbonyl (C=O) groups excluding carboxylic acids is 2. The van der Waals surface area contributed by atoms with Gasteiger partial charge in [-0.15, -0.1) is 0 Å². The molecule has 3 aromatic rings. The molecule has 8 heteroatoms. The maximum atomic E-state index is 13.2. The van der Waals surface area contributed by atoms with E-state index in [1.54, 1.807) is 36.3 Å². The average Bonchev–Trinajstić information content (AvgIpc) is 2.83. The molecule has 2 amide bonds. The molecule has 1 N–H and O–H groups in total. The van der Waals surface area contributed by atoms with Gasteiger partial charge in [-0.05, 0) is 42.0 Å². The second kappa shape index (κ2) is 10.6. The summed E-state index contributed by atoms with van der Waals surface area (Å²) in [5.74, 6) is 0.115. The molecule has 1 atom stereocenters. The number of aliphatic imine (C=N–C) groups is 1. The molecule has 0 bridgehead atoms. The Morgan fingerprint density at radius 1 is 1.09 bits per heavy atom. The number of anilines is 1. The first-order chi connectivity index (χ1) is 16.0. The largest absolute Gasteiger partial charge is 0.495 e. The second-order valence-electron chi connectivity index (χ2n) is 7.34. The molecule has 1 fully saturated rings. The topological polar surface area (TPSA) is 71.0 Å². The predicted octanol–water partition coefficient (Wildman–Crippen LogP) is 5.51. The first-order valence-electron chi connectivity index (χ1n) is 10.3. The second-order valence-corrected chi connectivity index (χ2v) is 8.94. The number of nitrogens with one attached hydrogen (secondary N) is 1. The summed E-state index contributed by atoms with van der Waals surface area (Å²) in [6, 6.07) is 23.9. The number of para-hydroxylation sites is 3. The molecular formula is C25H22ClN3O3S. The highest BCUT2D eigenvalue weighted by Crippen LogP contribution is 2.32. The van der Waals surface area contributed by atoms with Crippen molar-refractivity contribution in [3.8, 4) is 5.75 Å². The normalized spacial score (nSPS) is 17.2. The van der Waals surface area contributed by atoms with Crippen molar-refractivity contribution in [2.24, 2.45) is 4.99 Å². The fraction of sp³-hybridized carbons (Fsp3) is 0.160. The van der Waals surface area contributed by atoms with Crippen LogP contribution in [-0.2, 0) is 16.1 Å². The molecule has 1 aliphatic heterocycles. The van der Waals surface area contributed by atoms with Crippen LogP contribution in [-0.4, -0.2) is 34.2 Å². The minimum atomic E-state index is -0.619. The van der Waals surface area contributed by atoms with Crippen LogP contribution in [0.1, 0.15) is 12.0 Å². The third kappa shape index (κ3) is 5.74. The summed E-state index contributed by atoms with van der Waals surface area (Å²) < 4.78 is 5.32. The number of benzene rings is 3. The smallest absolute Gasteiger partial charge is 0.238 e. The predicted molar refractivity (Wildman–Crippen MR) is 133 cm³/mol. The third-order valence-electron chi connectivity index (χ3n) is 5.03. The third-order valence-corrected chi connectivity index (χ3v) is 6.47. The van der Waals surface area contributed by atoms with Gasteiger partial charge in [-0.3, -0.25) is 14.5 Å². The Labute approximate surface area is 201 Å². The number of thioether (sulfide) groups is 1. The first-order valence-corrected chi connectivity index (χ1v) is 11.6. The van der Waals surface area contributed by atoms with E-state index in [1.165, 1.54) is 11.8 Å². The van der Waals surface area contributed by atoms with Crippen LogP contribution >= 0.6 is 23.4 Å². The maximum absolute atomic E-state index is 13.2. The summed E-state index contributed by atoms with van der Waals surface area (Å²) in [5.41, 5.74) is 2.19. The van der Waals surface area contributed by atoms with Gasteiger partial charge >= 0.3 is 0 Å². The summed E-state index contributed by atoms with van der Waals surface area (Å²) in [4.78, 5) is 32.5. The molecule has 1 saturated heterocycles. The van der Waals surface area contributed by atoms with Crippen molar-refractivity contribution in [2.75, 3.05) is 12.4 Å². The number of methoxy groups -OCH3 is 1. The van der Waals surface area contributed by atoms with Crippen molar-refractivity contribution in [3.63, 3.8) is 0 Å². The van der Waals surface area contributed by atoms with Crippen LogP contribution in [0.25, 0.3) is 0 Å². The van der Waals surface area contributed by atoms with Crippen molar-refractivity contribution in [3.05, 3.63) is 89.4 Å². The van der Waals surface area contributed by atoms with E-state index < -0.39 is 5.25 Å². The Balaban J connectivity index is 1.59. The van der Waals surface area contributed by atoms with E-state index in [-0.39, 0.29) is 18.2 Å². The number of hydrogen-bond donors (Lipinski definition) is 1. The summed E-state index contributed by atoms with van der Waals surface area (Å²) >= 11 is 7.28. The molecule has 33 heavy (non-hydrogen) atoms. The summed E-state index contributed by atoms with van der Waals surface area (Å²) in [7, 11) is 1.54. The molecule has 1 aliphatic rings. The van der Waals surface area contributed by atoms with Gasteiger partial charge in [-0.25, -0.2) is 4.99 Å².